The molecule has 1 saturated carbocycles. The van der Waals surface area contributed by atoms with E-state index in [0.717, 1.165) is 19.3 Å². The Morgan fingerprint density at radius 3 is 2.32 bits per heavy atom. The molecule has 1 aliphatic carbocycles. The summed E-state index contributed by atoms with van der Waals surface area (Å²) in [6, 6.07) is -0.946. The van der Waals surface area contributed by atoms with Gasteiger partial charge in [-0.3, -0.25) is 9.59 Å². The third-order valence-electron chi connectivity index (χ3n) is 3.62. The average Bonchev–Trinajstić information content (AvgIpc) is 2.19. The van der Waals surface area contributed by atoms with Crippen LogP contribution in [0.15, 0.2) is 0 Å². The van der Waals surface area contributed by atoms with Crippen LogP contribution in [0.25, 0.3) is 0 Å². The Hall–Kier alpha value is -0.810. The van der Waals surface area contributed by atoms with Crippen LogP contribution in [-0.2, 0) is 9.59 Å². The number of carbonyl (C=O) groups excluding carboxylic acids is 1. The van der Waals surface area contributed by atoms with Crippen LogP contribution in [0.2, 0.25) is 0 Å². The summed E-state index contributed by atoms with van der Waals surface area (Å²) in [5.74, 6) is -0.791. The van der Waals surface area contributed by atoms with E-state index in [9.17, 15) is 9.59 Å². The van der Waals surface area contributed by atoms with E-state index >= 15 is 0 Å². The molecule has 1 amide bonds. The number of halogens is 1. The quantitative estimate of drug-likeness (QED) is 0.664. The van der Waals surface area contributed by atoms with Crippen molar-refractivity contribution in [3.05, 3.63) is 0 Å². The van der Waals surface area contributed by atoms with Crippen LogP contribution in [0.3, 0.4) is 0 Å². The number of nitrogens with two attached hydrogens (primary N) is 1. The number of rotatable bonds is 7. The summed E-state index contributed by atoms with van der Waals surface area (Å²) in [5.41, 5.74) is 5.73. The molecule has 6 heteroatoms. The molecule has 1 atom stereocenters. The third-order valence-corrected chi connectivity index (χ3v) is 3.62. The summed E-state index contributed by atoms with van der Waals surface area (Å²) in [6.07, 6.45) is 4.27. The van der Waals surface area contributed by atoms with Gasteiger partial charge in [-0.1, -0.05) is 20.3 Å². The van der Waals surface area contributed by atoms with Crippen LogP contribution in [-0.4, -0.2) is 29.6 Å². The molecule has 1 rings (SSSR count). The highest BCUT2D eigenvalue weighted by molar-refractivity contribution is 5.86. The van der Waals surface area contributed by atoms with E-state index in [1.54, 1.807) is 0 Å². The molecular formula is C13H25ClN2O3. The van der Waals surface area contributed by atoms with Crippen molar-refractivity contribution in [3.8, 4) is 0 Å². The Balaban J connectivity index is 0.00000324. The second-order valence-corrected chi connectivity index (χ2v) is 5.87. The van der Waals surface area contributed by atoms with Crippen LogP contribution in [0.4, 0.5) is 0 Å². The van der Waals surface area contributed by atoms with Gasteiger partial charge >= 0.3 is 5.97 Å². The number of hydrogen-bond acceptors (Lipinski definition) is 3. The molecule has 5 nitrogen and oxygen atoms in total. The number of amides is 1. The van der Waals surface area contributed by atoms with Gasteiger partial charge in [0, 0.05) is 6.54 Å². The molecule has 19 heavy (non-hydrogen) atoms. The maximum Gasteiger partial charge on any atom is 0.305 e. The lowest BCUT2D eigenvalue weighted by Crippen LogP contribution is -2.48. The molecule has 0 aromatic rings. The molecule has 1 fully saturated rings. The number of carbonyl (C=O) groups is 2. The molecule has 1 aliphatic rings. The van der Waals surface area contributed by atoms with Crippen molar-refractivity contribution in [1.82, 2.24) is 5.32 Å². The standard InChI is InChI=1S/C13H24N2O3.ClH/c1-9(2)7-13(4-3-5-13)8-15-12(18)10(14)6-11(16)17;/h9-10H,3-8,14H2,1-2H3,(H,15,18)(H,16,17);1H/t10-;/m0./s1. The lowest BCUT2D eigenvalue weighted by molar-refractivity contribution is -0.139. The van der Waals surface area contributed by atoms with Gasteiger partial charge in [0.2, 0.25) is 5.91 Å². The summed E-state index contributed by atoms with van der Waals surface area (Å²) < 4.78 is 0. The monoisotopic (exact) mass is 292 g/mol. The minimum Gasteiger partial charge on any atom is -0.481 e. The topological polar surface area (TPSA) is 92.4 Å². The summed E-state index contributed by atoms with van der Waals surface area (Å²) in [5, 5.41) is 11.4. The first-order valence-corrected chi connectivity index (χ1v) is 6.60. The number of hydrogen-bond donors (Lipinski definition) is 3. The fourth-order valence-corrected chi connectivity index (χ4v) is 2.68. The highest BCUT2D eigenvalue weighted by Gasteiger charge is 2.37. The van der Waals surface area contributed by atoms with Crippen molar-refractivity contribution in [2.45, 2.75) is 52.0 Å². The lowest BCUT2D eigenvalue weighted by atomic mass is 9.64. The largest absolute Gasteiger partial charge is 0.481 e. The SMILES string of the molecule is CC(C)CC1(CNC(=O)[C@@H](N)CC(=O)O)CCC1.Cl. The van der Waals surface area contributed by atoms with Gasteiger partial charge in [0.1, 0.15) is 0 Å². The fraction of sp³-hybridized carbons (Fsp3) is 0.846. The molecule has 0 aromatic heterocycles. The van der Waals surface area contributed by atoms with Crippen LogP contribution >= 0.6 is 12.4 Å². The van der Waals surface area contributed by atoms with Crippen molar-refractivity contribution in [3.63, 3.8) is 0 Å². The molecule has 0 radical (unpaired) electrons. The predicted molar refractivity (Wildman–Crippen MR) is 76.2 cm³/mol. The maximum absolute atomic E-state index is 11.7. The minimum absolute atomic E-state index is 0. The van der Waals surface area contributed by atoms with Crippen LogP contribution in [0, 0.1) is 11.3 Å². The normalized spacial score (nSPS) is 18.1. The molecule has 4 N–H and O–H groups in total. The van der Waals surface area contributed by atoms with Crippen molar-refractivity contribution in [2.24, 2.45) is 17.1 Å². The number of aliphatic carboxylic acids is 1. The summed E-state index contributed by atoms with van der Waals surface area (Å²) in [7, 11) is 0. The van der Waals surface area contributed by atoms with Crippen LogP contribution in [0.5, 0.6) is 0 Å². The first kappa shape index (κ1) is 18.2. The van der Waals surface area contributed by atoms with E-state index < -0.39 is 12.0 Å². The maximum atomic E-state index is 11.7. The Morgan fingerprint density at radius 2 is 1.95 bits per heavy atom. The highest BCUT2D eigenvalue weighted by Crippen LogP contribution is 2.45. The second kappa shape index (κ2) is 7.70. The Morgan fingerprint density at radius 1 is 1.37 bits per heavy atom. The van der Waals surface area contributed by atoms with E-state index in [1.807, 2.05) is 0 Å². The Kier molecular flexibility index (Phi) is 7.37. The number of carboxylic acid groups (broad SMARTS) is 1. The first-order chi connectivity index (χ1) is 8.34. The van der Waals surface area contributed by atoms with Crippen molar-refractivity contribution >= 4 is 24.3 Å². The van der Waals surface area contributed by atoms with Gasteiger partial charge in [0.15, 0.2) is 0 Å². The third kappa shape index (κ3) is 5.78. The molecule has 0 spiro atoms. The predicted octanol–water partition coefficient (Wildman–Crippen LogP) is 1.54. The van der Waals surface area contributed by atoms with Gasteiger partial charge in [-0.2, -0.15) is 0 Å². The first-order valence-electron chi connectivity index (χ1n) is 6.60. The van der Waals surface area contributed by atoms with Crippen molar-refractivity contribution in [2.75, 3.05) is 6.54 Å². The molecule has 0 saturated heterocycles. The minimum atomic E-state index is -1.04. The molecule has 0 aromatic carbocycles. The second-order valence-electron chi connectivity index (χ2n) is 5.87. The zero-order chi connectivity index (χ0) is 13.8. The molecule has 0 heterocycles. The van der Waals surface area contributed by atoms with E-state index in [2.05, 4.69) is 19.2 Å². The number of carboxylic acids is 1. The zero-order valence-corrected chi connectivity index (χ0v) is 12.5. The molecule has 112 valence electrons. The van der Waals surface area contributed by atoms with E-state index in [4.69, 9.17) is 10.8 Å². The van der Waals surface area contributed by atoms with Gasteiger partial charge in [-0.25, -0.2) is 0 Å². The summed E-state index contributed by atoms with van der Waals surface area (Å²) in [6.45, 7) is 4.98. The van der Waals surface area contributed by atoms with Crippen LogP contribution < -0.4 is 11.1 Å². The van der Waals surface area contributed by atoms with E-state index in [0.29, 0.717) is 12.5 Å². The summed E-state index contributed by atoms with van der Waals surface area (Å²) >= 11 is 0. The molecule has 0 bridgehead atoms. The summed E-state index contributed by atoms with van der Waals surface area (Å²) in [4.78, 5) is 22.1. The van der Waals surface area contributed by atoms with E-state index in [1.165, 1.54) is 6.42 Å². The van der Waals surface area contributed by atoms with Gasteiger partial charge < -0.3 is 16.2 Å². The van der Waals surface area contributed by atoms with Crippen LogP contribution in [0.1, 0.15) is 46.0 Å². The number of nitrogens with one attached hydrogen (secondary N) is 1. The van der Waals surface area contributed by atoms with Gasteiger partial charge in [0.05, 0.1) is 12.5 Å². The average molecular weight is 293 g/mol. The van der Waals surface area contributed by atoms with Crippen molar-refractivity contribution < 1.29 is 14.7 Å². The van der Waals surface area contributed by atoms with E-state index in [-0.39, 0.29) is 30.2 Å². The van der Waals surface area contributed by atoms with Gasteiger partial charge in [-0.05, 0) is 30.6 Å². The van der Waals surface area contributed by atoms with Gasteiger partial charge in [-0.15, -0.1) is 12.4 Å². The lowest BCUT2D eigenvalue weighted by Gasteiger charge is -2.43. The smallest absolute Gasteiger partial charge is 0.305 e. The van der Waals surface area contributed by atoms with Crippen molar-refractivity contribution in [1.29, 1.82) is 0 Å². The highest BCUT2D eigenvalue weighted by atomic mass is 35.5. The zero-order valence-electron chi connectivity index (χ0n) is 11.6. The Bertz CT molecular complexity index is 317. The molecule has 0 aliphatic heterocycles. The Labute approximate surface area is 120 Å². The van der Waals surface area contributed by atoms with Gasteiger partial charge in [0.25, 0.3) is 0 Å². The fourth-order valence-electron chi connectivity index (χ4n) is 2.68. The molecule has 0 unspecified atom stereocenters. The molecular weight excluding hydrogens is 268 g/mol.